The molecular formula is C20H27FN2O6. The van der Waals surface area contributed by atoms with Crippen molar-refractivity contribution in [3.8, 4) is 0 Å². The van der Waals surface area contributed by atoms with Crippen LogP contribution in [0.25, 0.3) is 0 Å². The molecule has 1 aromatic rings. The van der Waals surface area contributed by atoms with Crippen molar-refractivity contribution in [1.29, 1.82) is 0 Å². The normalized spacial score (nSPS) is 15.9. The zero-order valence-corrected chi connectivity index (χ0v) is 16.5. The first kappa shape index (κ1) is 22.6. The summed E-state index contributed by atoms with van der Waals surface area (Å²) in [4.78, 5) is 38.5. The summed E-state index contributed by atoms with van der Waals surface area (Å²) in [6.07, 6.45) is -2.67. The van der Waals surface area contributed by atoms with Gasteiger partial charge in [-0.05, 0) is 12.0 Å². The molecule has 1 unspecified atom stereocenters. The molecule has 1 aliphatic rings. The molecule has 0 saturated carbocycles. The molecule has 2 atom stereocenters. The molecule has 1 heterocycles. The lowest BCUT2D eigenvalue weighted by Gasteiger charge is -2.28. The van der Waals surface area contributed by atoms with Crippen molar-refractivity contribution in [2.45, 2.75) is 45.2 Å². The van der Waals surface area contributed by atoms with Crippen LogP contribution in [0.3, 0.4) is 0 Å². The summed E-state index contributed by atoms with van der Waals surface area (Å²) < 4.78 is 28.6. The van der Waals surface area contributed by atoms with Gasteiger partial charge in [-0.2, -0.15) is 0 Å². The number of nitrogens with zero attached hydrogens (tertiary/aromatic N) is 1. The Balaban J connectivity index is 1.97. The summed E-state index contributed by atoms with van der Waals surface area (Å²) in [5.41, 5.74) is 0.758. The summed E-state index contributed by atoms with van der Waals surface area (Å²) >= 11 is 0. The molecular weight excluding hydrogens is 383 g/mol. The minimum absolute atomic E-state index is 0.0137. The number of alkyl halides is 1. The minimum Gasteiger partial charge on any atom is -0.459 e. The number of carbonyl (C=O) groups excluding carboxylic acids is 3. The number of carbonyl (C=O) groups is 3. The molecule has 2 rings (SSSR count). The largest absolute Gasteiger partial charge is 0.459 e. The summed E-state index contributed by atoms with van der Waals surface area (Å²) in [7, 11) is 0. The van der Waals surface area contributed by atoms with Crippen LogP contribution >= 0.6 is 0 Å². The van der Waals surface area contributed by atoms with Gasteiger partial charge in [0.15, 0.2) is 0 Å². The molecule has 1 fully saturated rings. The number of hydrogen-bond acceptors (Lipinski definition) is 6. The number of morpholine rings is 1. The Morgan fingerprint density at radius 3 is 2.55 bits per heavy atom. The first-order chi connectivity index (χ1) is 14.0. The lowest BCUT2D eigenvalue weighted by atomic mass is 10.1. The highest BCUT2D eigenvalue weighted by molar-refractivity contribution is 5.88. The molecule has 1 N–H and O–H groups in total. The van der Waals surface area contributed by atoms with E-state index in [0.717, 1.165) is 5.56 Å². The van der Waals surface area contributed by atoms with Crippen molar-refractivity contribution in [3.63, 3.8) is 0 Å². The van der Waals surface area contributed by atoms with Gasteiger partial charge in [0, 0.05) is 19.5 Å². The number of alkyl carbamates (subject to hydrolysis) is 1. The number of halogens is 1. The van der Waals surface area contributed by atoms with Crippen molar-refractivity contribution in [3.05, 3.63) is 35.9 Å². The second kappa shape index (κ2) is 12.0. The zero-order valence-electron chi connectivity index (χ0n) is 16.5. The van der Waals surface area contributed by atoms with Crippen molar-refractivity contribution < 1.29 is 33.0 Å². The number of esters is 1. The van der Waals surface area contributed by atoms with Crippen LogP contribution in [0.4, 0.5) is 9.18 Å². The second-order valence-electron chi connectivity index (χ2n) is 6.59. The number of ether oxygens (including phenoxy) is 3. The van der Waals surface area contributed by atoms with Crippen LogP contribution in [0.1, 0.15) is 31.7 Å². The zero-order chi connectivity index (χ0) is 21.1. The highest BCUT2D eigenvalue weighted by Crippen LogP contribution is 2.09. The molecule has 0 radical (unpaired) electrons. The molecule has 1 aliphatic heterocycles. The molecule has 2 amide bonds. The van der Waals surface area contributed by atoms with E-state index in [4.69, 9.17) is 9.47 Å². The molecule has 0 spiro atoms. The van der Waals surface area contributed by atoms with E-state index in [1.54, 1.807) is 36.1 Å². The topological polar surface area (TPSA) is 94.2 Å². The molecule has 0 bridgehead atoms. The smallest absolute Gasteiger partial charge is 0.410 e. The number of amides is 2. The molecule has 0 aliphatic carbocycles. The average molecular weight is 410 g/mol. The lowest BCUT2D eigenvalue weighted by molar-refractivity contribution is -0.150. The maximum absolute atomic E-state index is 13.5. The van der Waals surface area contributed by atoms with Crippen molar-refractivity contribution in [1.82, 2.24) is 10.2 Å². The van der Waals surface area contributed by atoms with Gasteiger partial charge in [-0.25, -0.2) is 14.0 Å². The first-order valence-electron chi connectivity index (χ1n) is 9.67. The summed E-state index contributed by atoms with van der Waals surface area (Å²) in [6.45, 7) is 3.35. The van der Waals surface area contributed by atoms with E-state index in [0.29, 0.717) is 32.7 Å². The predicted molar refractivity (Wildman–Crippen MR) is 101 cm³/mol. The van der Waals surface area contributed by atoms with E-state index in [1.165, 1.54) is 0 Å². The van der Waals surface area contributed by atoms with Crippen molar-refractivity contribution in [2.24, 2.45) is 0 Å². The quantitative estimate of drug-likeness (QED) is 0.627. The summed E-state index contributed by atoms with van der Waals surface area (Å²) in [6, 6.07) is 7.70. The Labute approximate surface area is 169 Å². The van der Waals surface area contributed by atoms with Crippen LogP contribution in [0.5, 0.6) is 0 Å². The van der Waals surface area contributed by atoms with E-state index >= 15 is 0 Å². The van der Waals surface area contributed by atoms with E-state index in [9.17, 15) is 18.8 Å². The summed E-state index contributed by atoms with van der Waals surface area (Å²) in [5.74, 6) is -1.13. The van der Waals surface area contributed by atoms with Gasteiger partial charge in [-0.15, -0.1) is 0 Å². The van der Waals surface area contributed by atoms with Crippen LogP contribution in [0.2, 0.25) is 0 Å². The Kier molecular flexibility index (Phi) is 9.36. The van der Waals surface area contributed by atoms with Gasteiger partial charge in [0.25, 0.3) is 0 Å². The van der Waals surface area contributed by atoms with E-state index in [-0.39, 0.29) is 25.4 Å². The molecule has 0 aromatic heterocycles. The van der Waals surface area contributed by atoms with Crippen LogP contribution < -0.4 is 5.32 Å². The third-order valence-corrected chi connectivity index (χ3v) is 4.29. The Morgan fingerprint density at radius 2 is 1.90 bits per heavy atom. The molecule has 160 valence electrons. The average Bonchev–Trinajstić information content (AvgIpc) is 2.73. The van der Waals surface area contributed by atoms with Crippen LogP contribution in [-0.2, 0) is 30.4 Å². The van der Waals surface area contributed by atoms with Gasteiger partial charge < -0.3 is 24.4 Å². The highest BCUT2D eigenvalue weighted by atomic mass is 19.1. The van der Waals surface area contributed by atoms with Crippen molar-refractivity contribution >= 4 is 18.0 Å². The van der Waals surface area contributed by atoms with Gasteiger partial charge in [0.05, 0.1) is 19.6 Å². The monoisotopic (exact) mass is 410 g/mol. The Bertz CT molecular complexity index is 666. The highest BCUT2D eigenvalue weighted by Gasteiger charge is 2.29. The fraction of sp³-hybridized carbons (Fsp3) is 0.550. The van der Waals surface area contributed by atoms with E-state index in [2.05, 4.69) is 10.1 Å². The van der Waals surface area contributed by atoms with Crippen molar-refractivity contribution in [2.75, 3.05) is 26.3 Å². The standard InChI is InChI=1S/C20H27FN2O6/c1-2-6-17(21)29-20(26)22-16(13-18(24)23-9-11-27-12-10-23)19(25)28-14-15-7-4-3-5-8-15/h3-5,7-8,16-17H,2,6,9-14H2,1H3,(H,22,26)/t16-,17?/m1/s1. The molecule has 29 heavy (non-hydrogen) atoms. The van der Waals surface area contributed by atoms with Crippen LogP contribution in [0.15, 0.2) is 30.3 Å². The van der Waals surface area contributed by atoms with Crippen LogP contribution in [-0.4, -0.2) is 61.6 Å². The van der Waals surface area contributed by atoms with E-state index in [1.807, 2.05) is 6.07 Å². The fourth-order valence-electron chi connectivity index (χ4n) is 2.72. The van der Waals surface area contributed by atoms with Gasteiger partial charge >= 0.3 is 12.1 Å². The number of benzene rings is 1. The molecule has 1 saturated heterocycles. The third kappa shape index (κ3) is 8.06. The third-order valence-electron chi connectivity index (χ3n) is 4.29. The first-order valence-corrected chi connectivity index (χ1v) is 9.67. The van der Waals surface area contributed by atoms with Gasteiger partial charge in [0.2, 0.25) is 12.3 Å². The second-order valence-corrected chi connectivity index (χ2v) is 6.59. The molecule has 9 heteroatoms. The Morgan fingerprint density at radius 1 is 1.21 bits per heavy atom. The maximum atomic E-state index is 13.5. The molecule has 8 nitrogen and oxygen atoms in total. The number of nitrogens with one attached hydrogen (secondary N) is 1. The summed E-state index contributed by atoms with van der Waals surface area (Å²) in [5, 5.41) is 2.26. The number of rotatable bonds is 9. The fourth-order valence-corrected chi connectivity index (χ4v) is 2.72. The SMILES string of the molecule is CCCC(F)OC(=O)N[C@H](CC(=O)N1CCOCC1)C(=O)OCc1ccccc1. The lowest BCUT2D eigenvalue weighted by Crippen LogP contribution is -2.48. The Hall–Kier alpha value is -2.68. The van der Waals surface area contributed by atoms with Gasteiger partial charge in [0.1, 0.15) is 12.6 Å². The van der Waals surface area contributed by atoms with Crippen LogP contribution in [0, 0.1) is 0 Å². The number of hydrogen-bond donors (Lipinski definition) is 1. The maximum Gasteiger partial charge on any atom is 0.410 e. The molecule has 1 aromatic carbocycles. The van der Waals surface area contributed by atoms with E-state index < -0.39 is 24.5 Å². The van der Waals surface area contributed by atoms with Gasteiger partial charge in [-0.1, -0.05) is 37.3 Å². The predicted octanol–water partition coefficient (Wildman–Crippen LogP) is 2.17. The minimum atomic E-state index is -1.78. The van der Waals surface area contributed by atoms with Gasteiger partial charge in [-0.3, -0.25) is 4.79 Å².